The number of ether oxygens (including phenoxy) is 1. The number of anilines is 1. The molecule has 34 heavy (non-hydrogen) atoms. The van der Waals surface area contributed by atoms with E-state index >= 15 is 0 Å². The van der Waals surface area contributed by atoms with Gasteiger partial charge in [0, 0.05) is 37.4 Å². The van der Waals surface area contributed by atoms with Crippen LogP contribution in [0.2, 0.25) is 0 Å². The fourth-order valence-electron chi connectivity index (χ4n) is 3.76. The van der Waals surface area contributed by atoms with Crippen LogP contribution in [0, 0.1) is 11.3 Å². The molecule has 2 aromatic carbocycles. The Bertz CT molecular complexity index is 1000. The van der Waals surface area contributed by atoms with Gasteiger partial charge in [-0.25, -0.2) is 4.79 Å². The smallest absolute Gasteiger partial charge is 0.333 e. The zero-order chi connectivity index (χ0) is 24.2. The molecular weight excluding hydrogens is 426 g/mol. The number of benzene rings is 2. The SMILES string of the molecule is C=C(C)C(=O)OCCCCCCN1CCN(c2ccc(N=Nc3ccc(C#N)cc3)cc2)CC1. The minimum atomic E-state index is -0.292. The zero-order valence-corrected chi connectivity index (χ0v) is 19.9. The summed E-state index contributed by atoms with van der Waals surface area (Å²) in [6.45, 7) is 11.0. The Balaban J connectivity index is 1.32. The first-order valence-corrected chi connectivity index (χ1v) is 11.9. The summed E-state index contributed by atoms with van der Waals surface area (Å²) in [6, 6.07) is 17.3. The summed E-state index contributed by atoms with van der Waals surface area (Å²) in [4.78, 5) is 16.3. The maximum atomic E-state index is 11.3. The number of carbonyl (C=O) groups excluding carboxylic acids is 1. The Morgan fingerprint density at radius 1 is 0.941 bits per heavy atom. The Kier molecular flexibility index (Phi) is 9.80. The number of carbonyl (C=O) groups is 1. The standard InChI is InChI=1S/C27H33N5O2/c1-22(2)27(33)34-20-6-4-3-5-15-31-16-18-32(19-17-31)26-13-11-25(12-14-26)30-29-24-9-7-23(21-28)8-10-24/h7-14H,1,3-6,15-20H2,2H3. The topological polar surface area (TPSA) is 81.3 Å². The number of piperazine rings is 1. The molecule has 0 radical (unpaired) electrons. The van der Waals surface area contributed by atoms with Gasteiger partial charge in [-0.05, 0) is 74.8 Å². The number of unbranched alkanes of at least 4 members (excludes halogenated alkanes) is 3. The van der Waals surface area contributed by atoms with Crippen LogP contribution in [-0.4, -0.2) is 50.2 Å². The highest BCUT2D eigenvalue weighted by Crippen LogP contribution is 2.23. The van der Waals surface area contributed by atoms with Crippen molar-refractivity contribution in [3.05, 3.63) is 66.2 Å². The maximum Gasteiger partial charge on any atom is 0.333 e. The lowest BCUT2D eigenvalue weighted by atomic mass is 10.1. The third-order valence-corrected chi connectivity index (χ3v) is 5.81. The van der Waals surface area contributed by atoms with Crippen molar-refractivity contribution < 1.29 is 9.53 Å². The number of nitrogens with zero attached hydrogens (tertiary/aromatic N) is 5. The zero-order valence-electron chi connectivity index (χ0n) is 19.9. The fourth-order valence-corrected chi connectivity index (χ4v) is 3.76. The summed E-state index contributed by atoms with van der Waals surface area (Å²) in [5, 5.41) is 17.4. The van der Waals surface area contributed by atoms with Crippen molar-refractivity contribution in [2.75, 3.05) is 44.2 Å². The van der Waals surface area contributed by atoms with E-state index in [-0.39, 0.29) is 5.97 Å². The van der Waals surface area contributed by atoms with Crippen LogP contribution in [-0.2, 0) is 9.53 Å². The van der Waals surface area contributed by atoms with Crippen LogP contribution in [0.25, 0.3) is 0 Å². The first-order chi connectivity index (χ1) is 16.5. The van der Waals surface area contributed by atoms with E-state index in [1.165, 1.54) is 12.1 Å². The Labute approximate surface area is 202 Å². The van der Waals surface area contributed by atoms with Gasteiger partial charge in [0.25, 0.3) is 0 Å². The number of hydrogen-bond donors (Lipinski definition) is 0. The molecule has 0 spiro atoms. The summed E-state index contributed by atoms with van der Waals surface area (Å²) < 4.78 is 5.13. The molecule has 0 amide bonds. The second-order valence-corrected chi connectivity index (χ2v) is 8.53. The lowest BCUT2D eigenvalue weighted by Crippen LogP contribution is -2.46. The number of hydrogen-bond acceptors (Lipinski definition) is 7. The molecule has 1 aliphatic heterocycles. The van der Waals surface area contributed by atoms with E-state index in [1.807, 2.05) is 12.1 Å². The van der Waals surface area contributed by atoms with E-state index in [0.29, 0.717) is 17.7 Å². The van der Waals surface area contributed by atoms with Crippen molar-refractivity contribution in [3.8, 4) is 6.07 Å². The van der Waals surface area contributed by atoms with E-state index in [1.54, 1.807) is 31.2 Å². The molecule has 1 aliphatic rings. The molecule has 7 nitrogen and oxygen atoms in total. The summed E-state index contributed by atoms with van der Waals surface area (Å²) >= 11 is 0. The minimum Gasteiger partial charge on any atom is -0.462 e. The largest absolute Gasteiger partial charge is 0.462 e. The van der Waals surface area contributed by atoms with Crippen LogP contribution in [0.1, 0.15) is 38.2 Å². The van der Waals surface area contributed by atoms with Gasteiger partial charge in [-0.3, -0.25) is 4.90 Å². The van der Waals surface area contributed by atoms with Crippen LogP contribution in [0.4, 0.5) is 17.1 Å². The Hall–Kier alpha value is -3.50. The second kappa shape index (κ2) is 13.3. The molecule has 1 saturated heterocycles. The van der Waals surface area contributed by atoms with Crippen molar-refractivity contribution in [1.82, 2.24) is 4.90 Å². The molecule has 1 fully saturated rings. The summed E-state index contributed by atoms with van der Waals surface area (Å²) in [6.07, 6.45) is 4.32. The van der Waals surface area contributed by atoms with Crippen molar-refractivity contribution >= 4 is 23.0 Å². The van der Waals surface area contributed by atoms with Gasteiger partial charge in [-0.2, -0.15) is 15.5 Å². The van der Waals surface area contributed by atoms with Gasteiger partial charge in [-0.1, -0.05) is 19.4 Å². The normalized spacial score (nSPS) is 14.2. The molecule has 3 rings (SSSR count). The third kappa shape index (κ3) is 8.13. The molecule has 1 heterocycles. The predicted molar refractivity (Wildman–Crippen MR) is 135 cm³/mol. The molecule has 7 heteroatoms. The average Bonchev–Trinajstić information content (AvgIpc) is 2.87. The van der Waals surface area contributed by atoms with Crippen LogP contribution < -0.4 is 4.90 Å². The molecule has 0 aromatic heterocycles. The van der Waals surface area contributed by atoms with Crippen LogP contribution >= 0.6 is 0 Å². The number of rotatable bonds is 11. The van der Waals surface area contributed by atoms with Gasteiger partial charge in [0.15, 0.2) is 0 Å². The Morgan fingerprint density at radius 3 is 2.12 bits per heavy atom. The average molecular weight is 460 g/mol. The van der Waals surface area contributed by atoms with E-state index in [9.17, 15) is 4.79 Å². The van der Waals surface area contributed by atoms with Gasteiger partial charge >= 0.3 is 5.97 Å². The highest BCUT2D eigenvalue weighted by Gasteiger charge is 2.16. The number of azo groups is 1. The summed E-state index contributed by atoms with van der Waals surface area (Å²) in [7, 11) is 0. The third-order valence-electron chi connectivity index (χ3n) is 5.81. The van der Waals surface area contributed by atoms with E-state index in [4.69, 9.17) is 10.00 Å². The Morgan fingerprint density at radius 2 is 1.53 bits per heavy atom. The van der Waals surface area contributed by atoms with E-state index in [0.717, 1.165) is 63.4 Å². The molecule has 2 aromatic rings. The lowest BCUT2D eigenvalue weighted by Gasteiger charge is -2.36. The summed E-state index contributed by atoms with van der Waals surface area (Å²) in [5.74, 6) is -0.292. The van der Waals surface area contributed by atoms with Gasteiger partial charge in [0.1, 0.15) is 0 Å². The van der Waals surface area contributed by atoms with Gasteiger partial charge in [0.2, 0.25) is 0 Å². The van der Waals surface area contributed by atoms with Crippen molar-refractivity contribution in [2.24, 2.45) is 10.2 Å². The fraction of sp³-hybridized carbons (Fsp3) is 0.407. The van der Waals surface area contributed by atoms with E-state index < -0.39 is 0 Å². The van der Waals surface area contributed by atoms with Gasteiger partial charge < -0.3 is 9.64 Å². The van der Waals surface area contributed by atoms with Gasteiger partial charge in [0.05, 0.1) is 29.6 Å². The molecule has 0 saturated carbocycles. The maximum absolute atomic E-state index is 11.3. The van der Waals surface area contributed by atoms with Crippen molar-refractivity contribution in [2.45, 2.75) is 32.6 Å². The van der Waals surface area contributed by atoms with Crippen molar-refractivity contribution in [1.29, 1.82) is 5.26 Å². The minimum absolute atomic E-state index is 0.292. The molecule has 0 N–H and O–H groups in total. The second-order valence-electron chi connectivity index (χ2n) is 8.53. The highest BCUT2D eigenvalue weighted by molar-refractivity contribution is 5.86. The van der Waals surface area contributed by atoms with Crippen LogP contribution in [0.5, 0.6) is 0 Å². The number of nitriles is 1. The molecular formula is C27H33N5O2. The molecule has 0 atom stereocenters. The van der Waals surface area contributed by atoms with Crippen molar-refractivity contribution in [3.63, 3.8) is 0 Å². The molecule has 0 unspecified atom stereocenters. The number of esters is 1. The quantitative estimate of drug-likeness (QED) is 0.184. The lowest BCUT2D eigenvalue weighted by molar-refractivity contribution is -0.139. The molecule has 0 bridgehead atoms. The molecule has 178 valence electrons. The predicted octanol–water partition coefficient (Wildman–Crippen LogP) is 5.78. The van der Waals surface area contributed by atoms with Crippen LogP contribution in [0.3, 0.4) is 0 Å². The van der Waals surface area contributed by atoms with Gasteiger partial charge in [-0.15, -0.1) is 0 Å². The summed E-state index contributed by atoms with van der Waals surface area (Å²) in [5.41, 5.74) is 3.82. The molecule has 0 aliphatic carbocycles. The monoisotopic (exact) mass is 459 g/mol. The van der Waals surface area contributed by atoms with E-state index in [2.05, 4.69) is 44.8 Å². The first kappa shape index (κ1) is 25.1. The first-order valence-electron chi connectivity index (χ1n) is 11.9. The highest BCUT2D eigenvalue weighted by atomic mass is 16.5. The van der Waals surface area contributed by atoms with Crippen LogP contribution in [0.15, 0.2) is 70.9 Å².